The summed E-state index contributed by atoms with van der Waals surface area (Å²) in [5.74, 6) is 0.914. The van der Waals surface area contributed by atoms with Crippen molar-refractivity contribution in [1.82, 2.24) is 9.47 Å². The van der Waals surface area contributed by atoms with Gasteiger partial charge in [0.25, 0.3) is 0 Å². The number of aryl methyl sites for hydroxylation is 1. The molecule has 1 aromatic heterocycles. The Labute approximate surface area is 143 Å². The zero-order valence-corrected chi connectivity index (χ0v) is 14.3. The molecule has 1 aliphatic rings. The molecule has 116 valence electrons. The van der Waals surface area contributed by atoms with E-state index in [9.17, 15) is 4.79 Å². The van der Waals surface area contributed by atoms with E-state index in [1.807, 2.05) is 34.8 Å². The average Bonchev–Trinajstić information content (AvgIpc) is 3.09. The van der Waals surface area contributed by atoms with Crippen LogP contribution in [0.3, 0.4) is 0 Å². The second-order valence-corrected chi connectivity index (χ2v) is 7.05. The minimum atomic E-state index is -0.152. The van der Waals surface area contributed by atoms with Gasteiger partial charge in [-0.3, -0.25) is 0 Å². The second kappa shape index (κ2) is 6.44. The summed E-state index contributed by atoms with van der Waals surface area (Å²) in [4.78, 5) is 14.4. The molecule has 0 bridgehead atoms. The van der Waals surface area contributed by atoms with Crippen LogP contribution in [0.4, 0.5) is 10.5 Å². The van der Waals surface area contributed by atoms with E-state index in [-0.39, 0.29) is 11.4 Å². The van der Waals surface area contributed by atoms with Gasteiger partial charge in [-0.2, -0.15) is 0 Å². The van der Waals surface area contributed by atoms with E-state index in [0.717, 1.165) is 11.4 Å². The first-order valence-electron chi connectivity index (χ1n) is 6.82. The molecule has 1 N–H and O–H groups in total. The number of thioether (sulfide) groups is 1. The Morgan fingerprint density at radius 2 is 2.18 bits per heavy atom. The van der Waals surface area contributed by atoms with Gasteiger partial charge in [-0.1, -0.05) is 23.2 Å². The number of anilines is 1. The number of urea groups is 1. The maximum absolute atomic E-state index is 12.6. The van der Waals surface area contributed by atoms with Crippen molar-refractivity contribution in [3.05, 3.63) is 52.3 Å². The minimum Gasteiger partial charge on any atom is -0.352 e. The zero-order chi connectivity index (χ0) is 15.7. The summed E-state index contributed by atoms with van der Waals surface area (Å²) >= 11 is 13.7. The van der Waals surface area contributed by atoms with Crippen LogP contribution in [0.15, 0.2) is 36.5 Å². The number of halogens is 2. The maximum atomic E-state index is 12.6. The lowest BCUT2D eigenvalue weighted by Gasteiger charge is -2.25. The van der Waals surface area contributed by atoms with E-state index < -0.39 is 0 Å². The molecule has 0 radical (unpaired) electrons. The van der Waals surface area contributed by atoms with Gasteiger partial charge in [0.2, 0.25) is 0 Å². The number of hydrogen-bond donors (Lipinski definition) is 1. The number of hydrogen-bond acceptors (Lipinski definition) is 2. The summed E-state index contributed by atoms with van der Waals surface area (Å²) in [5.41, 5.74) is 1.68. The van der Waals surface area contributed by atoms with Gasteiger partial charge in [-0.05, 0) is 30.3 Å². The van der Waals surface area contributed by atoms with Gasteiger partial charge in [0.05, 0.1) is 16.4 Å². The Hall–Kier alpha value is -1.30. The van der Waals surface area contributed by atoms with Crippen molar-refractivity contribution in [2.24, 2.45) is 7.05 Å². The van der Waals surface area contributed by atoms with Gasteiger partial charge >= 0.3 is 6.03 Å². The lowest BCUT2D eigenvalue weighted by atomic mass is 10.3. The molecule has 0 saturated carbocycles. The number of nitrogens with one attached hydrogen (secondary N) is 1. The molecule has 0 spiro atoms. The highest BCUT2D eigenvalue weighted by Crippen LogP contribution is 2.38. The highest BCUT2D eigenvalue weighted by molar-refractivity contribution is 7.99. The largest absolute Gasteiger partial charge is 0.352 e. The molecule has 2 aromatic rings. The van der Waals surface area contributed by atoms with Crippen molar-refractivity contribution in [3.63, 3.8) is 0 Å². The minimum absolute atomic E-state index is 0.0195. The predicted molar refractivity (Wildman–Crippen MR) is 92.8 cm³/mol. The lowest BCUT2D eigenvalue weighted by Crippen LogP contribution is -2.35. The number of benzene rings is 1. The van der Waals surface area contributed by atoms with Crippen LogP contribution < -0.4 is 5.32 Å². The highest BCUT2D eigenvalue weighted by atomic mass is 35.5. The molecule has 7 heteroatoms. The molecule has 1 unspecified atom stereocenters. The van der Waals surface area contributed by atoms with Crippen LogP contribution in [0.2, 0.25) is 10.0 Å². The molecule has 1 aromatic carbocycles. The molecule has 22 heavy (non-hydrogen) atoms. The molecule has 2 amide bonds. The number of amides is 2. The van der Waals surface area contributed by atoms with E-state index in [1.54, 1.807) is 30.0 Å². The first kappa shape index (κ1) is 15.6. The highest BCUT2D eigenvalue weighted by Gasteiger charge is 2.32. The summed E-state index contributed by atoms with van der Waals surface area (Å²) in [5, 5.41) is 3.86. The Bertz CT molecular complexity index is 704. The van der Waals surface area contributed by atoms with Crippen LogP contribution in [0.25, 0.3) is 0 Å². The molecule has 1 fully saturated rings. The first-order chi connectivity index (χ1) is 10.6. The Morgan fingerprint density at radius 3 is 2.86 bits per heavy atom. The number of rotatable bonds is 2. The third kappa shape index (κ3) is 3.07. The Kier molecular flexibility index (Phi) is 4.57. The lowest BCUT2D eigenvalue weighted by molar-refractivity contribution is 0.213. The van der Waals surface area contributed by atoms with E-state index in [0.29, 0.717) is 22.3 Å². The van der Waals surface area contributed by atoms with Gasteiger partial charge in [-0.15, -0.1) is 11.8 Å². The molecule has 1 aliphatic heterocycles. The van der Waals surface area contributed by atoms with Gasteiger partial charge in [0.15, 0.2) is 0 Å². The second-order valence-electron chi connectivity index (χ2n) is 5.01. The van der Waals surface area contributed by atoms with Crippen molar-refractivity contribution < 1.29 is 4.79 Å². The van der Waals surface area contributed by atoms with Gasteiger partial charge in [-0.25, -0.2) is 4.79 Å². The smallest absolute Gasteiger partial charge is 0.323 e. The summed E-state index contributed by atoms with van der Waals surface area (Å²) in [7, 11) is 1.99. The SMILES string of the molecule is Cn1cccc1C1SCCN1C(=O)Nc1ccc(Cl)cc1Cl. The van der Waals surface area contributed by atoms with E-state index >= 15 is 0 Å². The van der Waals surface area contributed by atoms with Crippen LogP contribution in [0, 0.1) is 0 Å². The molecular formula is C15H15Cl2N3OS. The first-order valence-corrected chi connectivity index (χ1v) is 8.62. The number of carbonyl (C=O) groups excluding carboxylic acids is 1. The quantitative estimate of drug-likeness (QED) is 0.853. The molecule has 1 atom stereocenters. The van der Waals surface area contributed by atoms with Crippen LogP contribution >= 0.6 is 35.0 Å². The van der Waals surface area contributed by atoms with Gasteiger partial charge in [0.1, 0.15) is 5.37 Å². The Balaban J connectivity index is 1.78. The van der Waals surface area contributed by atoms with Crippen molar-refractivity contribution in [2.45, 2.75) is 5.37 Å². The molecule has 0 aliphatic carbocycles. The summed E-state index contributed by atoms with van der Waals surface area (Å²) in [6, 6.07) is 8.91. The third-order valence-electron chi connectivity index (χ3n) is 3.56. The fraction of sp³-hybridized carbons (Fsp3) is 0.267. The van der Waals surface area contributed by atoms with Crippen LogP contribution in [-0.4, -0.2) is 27.8 Å². The molecule has 4 nitrogen and oxygen atoms in total. The number of nitrogens with zero attached hydrogens (tertiary/aromatic N) is 2. The fourth-order valence-corrected chi connectivity index (χ4v) is 4.21. The van der Waals surface area contributed by atoms with E-state index in [1.165, 1.54) is 0 Å². The maximum Gasteiger partial charge on any atom is 0.323 e. The van der Waals surface area contributed by atoms with E-state index in [4.69, 9.17) is 23.2 Å². The van der Waals surface area contributed by atoms with Crippen LogP contribution in [0.5, 0.6) is 0 Å². The van der Waals surface area contributed by atoms with Crippen molar-refractivity contribution in [3.8, 4) is 0 Å². The number of carbonyl (C=O) groups is 1. The number of aromatic nitrogens is 1. The summed E-state index contributed by atoms with van der Waals surface area (Å²) in [6.45, 7) is 0.706. The molecule has 2 heterocycles. The van der Waals surface area contributed by atoms with Crippen LogP contribution in [-0.2, 0) is 7.05 Å². The van der Waals surface area contributed by atoms with Crippen molar-refractivity contribution in [1.29, 1.82) is 0 Å². The van der Waals surface area contributed by atoms with Crippen LogP contribution in [0.1, 0.15) is 11.1 Å². The fourth-order valence-electron chi connectivity index (χ4n) is 2.43. The monoisotopic (exact) mass is 355 g/mol. The van der Waals surface area contributed by atoms with E-state index in [2.05, 4.69) is 5.32 Å². The molecular weight excluding hydrogens is 341 g/mol. The average molecular weight is 356 g/mol. The van der Waals surface area contributed by atoms with Crippen molar-refractivity contribution in [2.75, 3.05) is 17.6 Å². The molecule has 3 rings (SSSR count). The van der Waals surface area contributed by atoms with Crippen molar-refractivity contribution >= 4 is 46.7 Å². The summed E-state index contributed by atoms with van der Waals surface area (Å²) in [6.07, 6.45) is 1.99. The van der Waals surface area contributed by atoms with Gasteiger partial charge in [0, 0.05) is 30.6 Å². The van der Waals surface area contributed by atoms with Gasteiger partial charge < -0.3 is 14.8 Å². The predicted octanol–water partition coefficient (Wildman–Crippen LogP) is 4.61. The summed E-state index contributed by atoms with van der Waals surface area (Å²) < 4.78 is 2.04. The topological polar surface area (TPSA) is 37.3 Å². The zero-order valence-electron chi connectivity index (χ0n) is 11.9. The standard InChI is InChI=1S/C15H15Cl2N3OS/c1-19-6-2-3-13(19)14-20(7-8-22-14)15(21)18-12-5-4-10(16)9-11(12)17/h2-6,9,14H,7-8H2,1H3,(H,18,21). The Morgan fingerprint density at radius 1 is 1.36 bits per heavy atom. The third-order valence-corrected chi connectivity index (χ3v) is 5.34. The normalized spacial score (nSPS) is 17.8. The molecule has 1 saturated heterocycles.